The van der Waals surface area contributed by atoms with E-state index in [0.29, 0.717) is 47.8 Å². The molecule has 0 radical (unpaired) electrons. The van der Waals surface area contributed by atoms with Crippen molar-refractivity contribution in [2.75, 3.05) is 12.9 Å². The molecule has 2 aromatic carbocycles. The fourth-order valence-corrected chi connectivity index (χ4v) is 4.84. The Bertz CT molecular complexity index is 982. The van der Waals surface area contributed by atoms with Crippen LogP contribution in [0.2, 0.25) is 0 Å². The van der Waals surface area contributed by atoms with Crippen LogP contribution >= 0.6 is 11.8 Å². The van der Waals surface area contributed by atoms with Gasteiger partial charge in [0.15, 0.2) is 0 Å². The topological polar surface area (TPSA) is 46.5 Å². The summed E-state index contributed by atoms with van der Waals surface area (Å²) < 4.78 is 45.5. The SMILES string of the molecule is CCC(CC(C)C)(C(=O)O)c1cc(SC)c(OCC2CC2)c(-c2ccc(C(F)(F)F)cc2)c1. The first-order valence-electron chi connectivity index (χ1n) is 11.3. The number of carbonyl (C=O) groups is 1. The van der Waals surface area contributed by atoms with Crippen molar-refractivity contribution in [3.8, 4) is 16.9 Å². The zero-order valence-electron chi connectivity index (χ0n) is 19.5. The highest BCUT2D eigenvalue weighted by atomic mass is 32.2. The number of aliphatic carboxylic acids is 1. The van der Waals surface area contributed by atoms with Crippen LogP contribution in [0.25, 0.3) is 11.1 Å². The minimum absolute atomic E-state index is 0.152. The number of carboxylic acids is 1. The molecule has 3 nitrogen and oxygen atoms in total. The molecule has 1 aliphatic carbocycles. The average Bonchev–Trinajstić information content (AvgIpc) is 3.59. The van der Waals surface area contributed by atoms with Crippen molar-refractivity contribution in [2.45, 2.75) is 62.9 Å². The molecule has 0 aliphatic heterocycles. The van der Waals surface area contributed by atoms with Crippen molar-refractivity contribution in [2.24, 2.45) is 11.8 Å². The number of alkyl halides is 3. The molecular weight excluding hydrogens is 449 g/mol. The summed E-state index contributed by atoms with van der Waals surface area (Å²) >= 11 is 1.46. The van der Waals surface area contributed by atoms with Crippen LogP contribution in [-0.4, -0.2) is 23.9 Å². The van der Waals surface area contributed by atoms with Gasteiger partial charge >= 0.3 is 12.1 Å². The molecule has 0 aromatic heterocycles. The molecule has 1 aliphatic rings. The van der Waals surface area contributed by atoms with Crippen molar-refractivity contribution in [1.29, 1.82) is 0 Å². The van der Waals surface area contributed by atoms with Crippen LogP contribution in [0.3, 0.4) is 0 Å². The molecule has 1 fully saturated rings. The second kappa shape index (κ2) is 10.00. The highest BCUT2D eigenvalue weighted by Crippen LogP contribution is 2.46. The quantitative estimate of drug-likeness (QED) is 0.355. The number of rotatable bonds is 10. The number of benzene rings is 2. The Morgan fingerprint density at radius 3 is 2.24 bits per heavy atom. The maximum Gasteiger partial charge on any atom is 0.416 e. The smallest absolute Gasteiger partial charge is 0.416 e. The van der Waals surface area contributed by atoms with Gasteiger partial charge in [-0.05, 0) is 79.2 Å². The van der Waals surface area contributed by atoms with E-state index in [2.05, 4.69) is 0 Å². The Labute approximate surface area is 197 Å². The highest BCUT2D eigenvalue weighted by Gasteiger charge is 2.40. The number of hydrogen-bond donors (Lipinski definition) is 1. The third-order valence-electron chi connectivity index (χ3n) is 6.28. The third-order valence-corrected chi connectivity index (χ3v) is 7.02. The molecule has 1 saturated carbocycles. The van der Waals surface area contributed by atoms with Crippen LogP contribution in [0.5, 0.6) is 5.75 Å². The van der Waals surface area contributed by atoms with Crippen LogP contribution in [0.15, 0.2) is 41.3 Å². The van der Waals surface area contributed by atoms with Gasteiger partial charge in [0.2, 0.25) is 0 Å². The monoisotopic (exact) mass is 480 g/mol. The summed E-state index contributed by atoms with van der Waals surface area (Å²) in [5.41, 5.74) is 0.0549. The molecule has 0 spiro atoms. The zero-order valence-corrected chi connectivity index (χ0v) is 20.3. The Morgan fingerprint density at radius 2 is 1.79 bits per heavy atom. The van der Waals surface area contributed by atoms with E-state index in [-0.39, 0.29) is 5.92 Å². The standard InChI is InChI=1S/C26H31F3O3S/c1-5-25(24(30)31,14-16(2)3)20-12-21(18-8-10-19(11-9-18)26(27,28)29)23(22(13-20)33-4)32-15-17-6-7-17/h8-13,16-17H,5-7,14-15H2,1-4H3,(H,30,31). The lowest BCUT2D eigenvalue weighted by molar-refractivity contribution is -0.145. The summed E-state index contributed by atoms with van der Waals surface area (Å²) in [5, 5.41) is 10.3. The maximum absolute atomic E-state index is 13.1. The van der Waals surface area contributed by atoms with E-state index in [1.54, 1.807) is 0 Å². The van der Waals surface area contributed by atoms with Gasteiger partial charge < -0.3 is 9.84 Å². The fourth-order valence-electron chi connectivity index (χ4n) is 4.24. The Kier molecular flexibility index (Phi) is 7.72. The number of carboxylic acid groups (broad SMARTS) is 1. The first-order valence-corrected chi connectivity index (χ1v) is 12.5. The van der Waals surface area contributed by atoms with Gasteiger partial charge in [-0.25, -0.2) is 0 Å². The lowest BCUT2D eigenvalue weighted by atomic mass is 9.72. The molecule has 0 bridgehead atoms. The number of hydrogen-bond acceptors (Lipinski definition) is 3. The lowest BCUT2D eigenvalue weighted by Crippen LogP contribution is -2.36. The van der Waals surface area contributed by atoms with Crippen molar-refractivity contribution in [1.82, 2.24) is 0 Å². The van der Waals surface area contributed by atoms with Gasteiger partial charge in [-0.1, -0.05) is 32.9 Å². The summed E-state index contributed by atoms with van der Waals surface area (Å²) in [4.78, 5) is 13.3. The molecule has 7 heteroatoms. The van der Waals surface area contributed by atoms with Gasteiger partial charge in [-0.2, -0.15) is 13.2 Å². The number of ether oxygens (including phenoxy) is 1. The third kappa shape index (κ3) is 5.68. The Balaban J connectivity index is 2.20. The predicted octanol–water partition coefficient (Wildman–Crippen LogP) is 7.66. The zero-order chi connectivity index (χ0) is 24.4. The van der Waals surface area contributed by atoms with Gasteiger partial charge in [0.1, 0.15) is 5.75 Å². The molecule has 0 amide bonds. The average molecular weight is 481 g/mol. The maximum atomic E-state index is 13.1. The van der Waals surface area contributed by atoms with E-state index in [1.807, 2.05) is 39.2 Å². The predicted molar refractivity (Wildman–Crippen MR) is 126 cm³/mol. The first kappa shape index (κ1) is 25.5. The van der Waals surface area contributed by atoms with Crippen molar-refractivity contribution < 1.29 is 27.8 Å². The minimum atomic E-state index is -4.42. The summed E-state index contributed by atoms with van der Waals surface area (Å²) in [6.45, 7) is 6.40. The van der Waals surface area contributed by atoms with Crippen molar-refractivity contribution in [3.63, 3.8) is 0 Å². The largest absolute Gasteiger partial charge is 0.491 e. The van der Waals surface area contributed by atoms with Crippen LogP contribution in [0.1, 0.15) is 57.6 Å². The molecule has 1 atom stereocenters. The summed E-state index contributed by atoms with van der Waals surface area (Å²) in [6.07, 6.45) is 0.554. The van der Waals surface area contributed by atoms with Gasteiger partial charge in [0.05, 0.1) is 22.5 Å². The van der Waals surface area contributed by atoms with Crippen molar-refractivity contribution in [3.05, 3.63) is 47.5 Å². The lowest BCUT2D eigenvalue weighted by Gasteiger charge is -2.32. The van der Waals surface area contributed by atoms with Crippen LogP contribution in [0.4, 0.5) is 13.2 Å². The summed E-state index contributed by atoms with van der Waals surface area (Å²) in [6, 6.07) is 8.69. The van der Waals surface area contributed by atoms with Gasteiger partial charge in [-0.15, -0.1) is 11.8 Å². The Hall–Kier alpha value is -2.15. The normalized spacial score (nSPS) is 16.0. The molecule has 2 aromatic rings. The van der Waals surface area contributed by atoms with E-state index >= 15 is 0 Å². The van der Waals surface area contributed by atoms with Crippen LogP contribution in [0, 0.1) is 11.8 Å². The molecule has 0 saturated heterocycles. The molecule has 0 heterocycles. The Morgan fingerprint density at radius 1 is 1.15 bits per heavy atom. The molecular formula is C26H31F3O3S. The first-order chi connectivity index (χ1) is 15.5. The second-order valence-electron chi connectivity index (χ2n) is 9.22. The minimum Gasteiger partial charge on any atom is -0.491 e. The van der Waals surface area contributed by atoms with E-state index in [0.717, 1.165) is 29.9 Å². The summed E-state index contributed by atoms with van der Waals surface area (Å²) in [7, 11) is 0. The highest BCUT2D eigenvalue weighted by molar-refractivity contribution is 7.98. The van der Waals surface area contributed by atoms with E-state index in [9.17, 15) is 23.1 Å². The van der Waals surface area contributed by atoms with E-state index < -0.39 is 23.1 Å². The molecule has 180 valence electrons. The van der Waals surface area contributed by atoms with E-state index in [1.165, 1.54) is 23.9 Å². The van der Waals surface area contributed by atoms with E-state index in [4.69, 9.17) is 4.74 Å². The number of thioether (sulfide) groups is 1. The van der Waals surface area contributed by atoms with Crippen molar-refractivity contribution >= 4 is 17.7 Å². The molecule has 33 heavy (non-hydrogen) atoms. The van der Waals surface area contributed by atoms with Gasteiger partial charge in [-0.3, -0.25) is 4.79 Å². The summed E-state index contributed by atoms with van der Waals surface area (Å²) in [5.74, 6) is 0.363. The molecule has 3 rings (SSSR count). The fraction of sp³-hybridized carbons (Fsp3) is 0.500. The van der Waals surface area contributed by atoms with Crippen LogP contribution < -0.4 is 4.74 Å². The molecule has 1 N–H and O–H groups in total. The van der Waals surface area contributed by atoms with Gasteiger partial charge in [0.25, 0.3) is 0 Å². The van der Waals surface area contributed by atoms with Gasteiger partial charge in [0, 0.05) is 5.56 Å². The second-order valence-corrected chi connectivity index (χ2v) is 10.1. The number of halogens is 3. The molecule has 1 unspecified atom stereocenters. The van der Waals surface area contributed by atoms with Crippen LogP contribution in [-0.2, 0) is 16.4 Å².